The van der Waals surface area contributed by atoms with Gasteiger partial charge < -0.3 is 5.73 Å². The smallest absolute Gasteiger partial charge is 0.0108 e. The molecule has 0 heterocycles. The summed E-state index contributed by atoms with van der Waals surface area (Å²) in [4.78, 5) is 0. The molecule has 0 aliphatic heterocycles. The average Bonchev–Trinajstić information content (AvgIpc) is 2.77. The Hall–Kier alpha value is -0.820. The average molecular weight is 231 g/mol. The van der Waals surface area contributed by atoms with Gasteiger partial charge in [0.1, 0.15) is 0 Å². The van der Waals surface area contributed by atoms with Crippen LogP contribution in [-0.2, 0) is 6.42 Å². The largest absolute Gasteiger partial charge is 0.327 e. The Morgan fingerprint density at radius 2 is 2.18 bits per heavy atom. The predicted molar refractivity (Wildman–Crippen MR) is 74.0 cm³/mol. The molecule has 17 heavy (non-hydrogen) atoms. The molecule has 94 valence electrons. The van der Waals surface area contributed by atoms with E-state index < -0.39 is 0 Å². The fourth-order valence-corrected chi connectivity index (χ4v) is 3.15. The lowest BCUT2D eigenvalue weighted by molar-refractivity contribution is 0.405. The van der Waals surface area contributed by atoms with E-state index >= 15 is 0 Å². The highest BCUT2D eigenvalue weighted by atomic mass is 14.7. The first kappa shape index (κ1) is 12.6. The highest BCUT2D eigenvalue weighted by Gasteiger charge is 2.27. The molecule has 0 saturated heterocycles. The zero-order valence-corrected chi connectivity index (χ0v) is 11.2. The number of rotatable bonds is 4. The number of hydrogen-bond acceptors (Lipinski definition) is 1. The van der Waals surface area contributed by atoms with E-state index in [0.717, 1.165) is 18.3 Å². The Balaban J connectivity index is 1.91. The molecule has 2 rings (SSSR count). The van der Waals surface area contributed by atoms with Gasteiger partial charge in [-0.15, -0.1) is 0 Å². The topological polar surface area (TPSA) is 26.0 Å². The fraction of sp³-hybridized carbons (Fsp3) is 0.625. The van der Waals surface area contributed by atoms with E-state index in [1.165, 1.54) is 36.8 Å². The van der Waals surface area contributed by atoms with E-state index in [1.807, 2.05) is 0 Å². The minimum atomic E-state index is 0.355. The first-order valence-corrected chi connectivity index (χ1v) is 7.00. The van der Waals surface area contributed by atoms with Crippen LogP contribution in [0.1, 0.15) is 43.7 Å². The fourth-order valence-electron chi connectivity index (χ4n) is 3.15. The second kappa shape index (κ2) is 5.68. The number of benzene rings is 1. The van der Waals surface area contributed by atoms with E-state index in [4.69, 9.17) is 5.73 Å². The van der Waals surface area contributed by atoms with E-state index in [1.54, 1.807) is 0 Å². The van der Waals surface area contributed by atoms with Crippen molar-refractivity contribution in [3.63, 3.8) is 0 Å². The van der Waals surface area contributed by atoms with Crippen LogP contribution in [0.4, 0.5) is 0 Å². The highest BCUT2D eigenvalue weighted by Crippen LogP contribution is 2.35. The molecular weight excluding hydrogens is 206 g/mol. The number of hydrogen-bond donors (Lipinski definition) is 1. The van der Waals surface area contributed by atoms with Gasteiger partial charge in [-0.05, 0) is 43.6 Å². The van der Waals surface area contributed by atoms with Crippen LogP contribution in [0, 0.1) is 18.8 Å². The Morgan fingerprint density at radius 3 is 2.82 bits per heavy atom. The molecule has 3 atom stereocenters. The van der Waals surface area contributed by atoms with Gasteiger partial charge in [-0.25, -0.2) is 0 Å². The van der Waals surface area contributed by atoms with E-state index in [0.29, 0.717) is 6.04 Å². The van der Waals surface area contributed by atoms with Crippen LogP contribution < -0.4 is 5.73 Å². The summed E-state index contributed by atoms with van der Waals surface area (Å²) in [6.45, 7) is 4.46. The Bertz CT molecular complexity index is 358. The lowest BCUT2D eigenvalue weighted by Gasteiger charge is -2.19. The molecule has 0 spiro atoms. The minimum Gasteiger partial charge on any atom is -0.327 e. The van der Waals surface area contributed by atoms with Gasteiger partial charge in [0.15, 0.2) is 0 Å². The van der Waals surface area contributed by atoms with Crippen LogP contribution >= 0.6 is 0 Å². The third-order valence-corrected chi connectivity index (χ3v) is 4.32. The zero-order chi connectivity index (χ0) is 12.3. The summed E-state index contributed by atoms with van der Waals surface area (Å²) in [6, 6.07) is 9.12. The zero-order valence-electron chi connectivity index (χ0n) is 11.2. The molecule has 0 aromatic heterocycles. The van der Waals surface area contributed by atoms with E-state index in [-0.39, 0.29) is 0 Å². The highest BCUT2D eigenvalue weighted by molar-refractivity contribution is 5.23. The van der Waals surface area contributed by atoms with Gasteiger partial charge in [0.25, 0.3) is 0 Å². The molecule has 1 saturated carbocycles. The van der Waals surface area contributed by atoms with Crippen LogP contribution in [0.25, 0.3) is 0 Å². The molecule has 0 radical (unpaired) electrons. The van der Waals surface area contributed by atoms with Gasteiger partial charge >= 0.3 is 0 Å². The van der Waals surface area contributed by atoms with Crippen LogP contribution in [-0.4, -0.2) is 6.04 Å². The molecule has 1 fully saturated rings. The quantitative estimate of drug-likeness (QED) is 0.840. The van der Waals surface area contributed by atoms with E-state index in [2.05, 4.69) is 38.1 Å². The van der Waals surface area contributed by atoms with Gasteiger partial charge in [0.05, 0.1) is 0 Å². The number of nitrogens with two attached hydrogens (primary N) is 1. The first-order chi connectivity index (χ1) is 8.19. The molecule has 1 aromatic rings. The third kappa shape index (κ3) is 3.32. The van der Waals surface area contributed by atoms with Crippen molar-refractivity contribution in [2.24, 2.45) is 17.6 Å². The Morgan fingerprint density at radius 1 is 1.35 bits per heavy atom. The molecule has 1 aliphatic carbocycles. The Kier molecular flexibility index (Phi) is 4.22. The van der Waals surface area contributed by atoms with Crippen molar-refractivity contribution < 1.29 is 0 Å². The monoisotopic (exact) mass is 231 g/mol. The van der Waals surface area contributed by atoms with Crippen molar-refractivity contribution in [1.29, 1.82) is 0 Å². The van der Waals surface area contributed by atoms with Gasteiger partial charge in [0, 0.05) is 6.04 Å². The van der Waals surface area contributed by atoms with E-state index in [9.17, 15) is 0 Å². The second-order valence-electron chi connectivity index (χ2n) is 5.70. The van der Waals surface area contributed by atoms with Crippen molar-refractivity contribution in [2.75, 3.05) is 0 Å². The molecule has 3 unspecified atom stereocenters. The van der Waals surface area contributed by atoms with Crippen LogP contribution in [0.3, 0.4) is 0 Å². The summed E-state index contributed by atoms with van der Waals surface area (Å²) in [5.74, 6) is 1.68. The normalized spacial score (nSPS) is 26.1. The maximum absolute atomic E-state index is 6.38. The van der Waals surface area contributed by atoms with Crippen molar-refractivity contribution in [3.05, 3.63) is 35.4 Å². The van der Waals surface area contributed by atoms with Gasteiger partial charge in [0.2, 0.25) is 0 Å². The maximum Gasteiger partial charge on any atom is 0.0108 e. The van der Waals surface area contributed by atoms with Crippen molar-refractivity contribution in [1.82, 2.24) is 0 Å². The first-order valence-electron chi connectivity index (χ1n) is 7.00. The van der Waals surface area contributed by atoms with Crippen LogP contribution in [0.15, 0.2) is 24.3 Å². The summed E-state index contributed by atoms with van der Waals surface area (Å²) in [5, 5.41) is 0. The predicted octanol–water partition coefficient (Wildman–Crippen LogP) is 3.69. The van der Waals surface area contributed by atoms with Crippen molar-refractivity contribution >= 4 is 0 Å². The molecule has 1 nitrogen and oxygen atoms in total. The van der Waals surface area contributed by atoms with Gasteiger partial charge in [-0.2, -0.15) is 0 Å². The Labute approximate surface area is 105 Å². The van der Waals surface area contributed by atoms with Crippen LogP contribution in [0.5, 0.6) is 0 Å². The molecular formula is C16H25N. The van der Waals surface area contributed by atoms with Crippen molar-refractivity contribution in [2.45, 2.75) is 52.0 Å². The van der Waals surface area contributed by atoms with Crippen LogP contribution in [0.2, 0.25) is 0 Å². The summed E-state index contributed by atoms with van der Waals surface area (Å²) in [7, 11) is 0. The maximum atomic E-state index is 6.38. The molecule has 0 bridgehead atoms. The molecule has 1 aliphatic rings. The second-order valence-corrected chi connectivity index (χ2v) is 5.70. The molecule has 0 amide bonds. The number of aryl methyl sites for hydroxylation is 1. The minimum absolute atomic E-state index is 0.355. The van der Waals surface area contributed by atoms with Gasteiger partial charge in [-0.3, -0.25) is 0 Å². The van der Waals surface area contributed by atoms with Crippen molar-refractivity contribution in [3.8, 4) is 0 Å². The molecule has 1 heteroatoms. The SMILES string of the molecule is CCC1CCC(C(N)Cc2cccc(C)c2)C1. The lowest BCUT2D eigenvalue weighted by Crippen LogP contribution is -2.30. The third-order valence-electron chi connectivity index (χ3n) is 4.32. The molecule has 1 aromatic carbocycles. The summed E-state index contributed by atoms with van der Waals surface area (Å²) < 4.78 is 0. The summed E-state index contributed by atoms with van der Waals surface area (Å²) >= 11 is 0. The van der Waals surface area contributed by atoms with Gasteiger partial charge in [-0.1, -0.05) is 49.6 Å². The standard InChI is InChI=1S/C16H25N/c1-3-13-7-8-15(10-13)16(17)11-14-6-4-5-12(2)9-14/h4-6,9,13,15-16H,3,7-8,10-11,17H2,1-2H3. The summed E-state index contributed by atoms with van der Waals surface area (Å²) in [5.41, 5.74) is 9.12. The lowest BCUT2D eigenvalue weighted by atomic mass is 9.91. The summed E-state index contributed by atoms with van der Waals surface area (Å²) in [6.07, 6.45) is 6.45. The molecule has 2 N–H and O–H groups in total.